The molecule has 0 radical (unpaired) electrons. The number of aliphatic hydroxyl groups excluding tert-OH is 5. The summed E-state index contributed by atoms with van der Waals surface area (Å²) in [6.07, 6.45) is 26.4. The van der Waals surface area contributed by atoms with Crippen molar-refractivity contribution in [3.05, 3.63) is 12.2 Å². The number of hydrogen-bond donors (Lipinski definition) is 6. The summed E-state index contributed by atoms with van der Waals surface area (Å²) >= 11 is 0. The second kappa shape index (κ2) is 31.6. The molecule has 0 saturated carbocycles. The fraction of sp³-hybridized carbons (Fsp3) is 0.925. The Labute approximate surface area is 299 Å². The molecule has 9 nitrogen and oxygen atoms in total. The van der Waals surface area contributed by atoms with Crippen molar-refractivity contribution in [3.8, 4) is 0 Å². The van der Waals surface area contributed by atoms with Gasteiger partial charge in [0.05, 0.1) is 25.4 Å². The van der Waals surface area contributed by atoms with E-state index in [1.54, 1.807) is 0 Å². The number of hydrogen-bond acceptors (Lipinski definition) is 8. The third-order valence-electron chi connectivity index (χ3n) is 9.87. The number of allylic oxidation sites excluding steroid dienone is 2. The lowest BCUT2D eigenvalue weighted by molar-refractivity contribution is -0.302. The Morgan fingerprint density at radius 1 is 0.673 bits per heavy atom. The number of rotatable bonds is 33. The van der Waals surface area contributed by atoms with Crippen LogP contribution in [0.4, 0.5) is 0 Å². The average Bonchev–Trinajstić information content (AvgIpc) is 3.10. The number of nitrogens with one attached hydrogen (secondary N) is 1. The van der Waals surface area contributed by atoms with Gasteiger partial charge in [-0.15, -0.1) is 0 Å². The van der Waals surface area contributed by atoms with E-state index in [0.717, 1.165) is 51.4 Å². The maximum Gasteiger partial charge on any atom is 0.220 e. The Balaban J connectivity index is 2.40. The second-order valence-corrected chi connectivity index (χ2v) is 14.4. The smallest absolute Gasteiger partial charge is 0.220 e. The molecule has 0 bridgehead atoms. The van der Waals surface area contributed by atoms with Crippen LogP contribution in [0.3, 0.4) is 0 Å². The molecule has 1 aliphatic heterocycles. The quantitative estimate of drug-likeness (QED) is 0.0307. The number of carbonyl (C=O) groups is 1. The van der Waals surface area contributed by atoms with Crippen molar-refractivity contribution in [1.29, 1.82) is 0 Å². The summed E-state index contributed by atoms with van der Waals surface area (Å²) in [5, 5.41) is 54.1. The number of aliphatic hydroxyl groups is 5. The van der Waals surface area contributed by atoms with E-state index in [4.69, 9.17) is 9.47 Å². The number of amides is 1. The van der Waals surface area contributed by atoms with Crippen LogP contribution in [0.2, 0.25) is 0 Å². The van der Waals surface area contributed by atoms with Crippen LogP contribution in [0.15, 0.2) is 12.2 Å². The van der Waals surface area contributed by atoms with Crippen LogP contribution in [0.1, 0.15) is 181 Å². The number of carbonyl (C=O) groups excluding carboxylic acids is 1. The van der Waals surface area contributed by atoms with Crippen molar-refractivity contribution in [2.45, 2.75) is 224 Å². The van der Waals surface area contributed by atoms with Gasteiger partial charge in [0, 0.05) is 6.42 Å². The molecule has 0 aliphatic carbocycles. The van der Waals surface area contributed by atoms with E-state index in [2.05, 4.69) is 31.3 Å². The Hall–Kier alpha value is -1.07. The average molecular weight is 700 g/mol. The van der Waals surface area contributed by atoms with Gasteiger partial charge in [-0.05, 0) is 38.5 Å². The molecular weight excluding hydrogens is 622 g/mol. The van der Waals surface area contributed by atoms with Crippen LogP contribution in [0.5, 0.6) is 0 Å². The molecule has 0 aromatic heterocycles. The van der Waals surface area contributed by atoms with Crippen molar-refractivity contribution in [1.82, 2.24) is 5.32 Å². The third kappa shape index (κ3) is 23.2. The van der Waals surface area contributed by atoms with Crippen LogP contribution in [-0.2, 0) is 14.3 Å². The minimum atomic E-state index is -1.55. The van der Waals surface area contributed by atoms with Crippen molar-refractivity contribution in [3.63, 3.8) is 0 Å². The van der Waals surface area contributed by atoms with E-state index < -0.39 is 49.5 Å². The van der Waals surface area contributed by atoms with E-state index in [9.17, 15) is 30.3 Å². The summed E-state index contributed by atoms with van der Waals surface area (Å²) in [4.78, 5) is 12.9. The lowest BCUT2D eigenvalue weighted by Gasteiger charge is -2.40. The fourth-order valence-corrected chi connectivity index (χ4v) is 6.51. The largest absolute Gasteiger partial charge is 0.394 e. The zero-order valence-electron chi connectivity index (χ0n) is 31.5. The molecule has 1 amide bonds. The van der Waals surface area contributed by atoms with Crippen LogP contribution >= 0.6 is 0 Å². The van der Waals surface area contributed by atoms with Gasteiger partial charge in [-0.25, -0.2) is 0 Å². The summed E-state index contributed by atoms with van der Waals surface area (Å²) < 4.78 is 11.2. The Bertz CT molecular complexity index is 781. The summed E-state index contributed by atoms with van der Waals surface area (Å²) in [6, 6.07) is -0.717. The van der Waals surface area contributed by atoms with Crippen molar-refractivity contribution in [2.75, 3.05) is 13.2 Å². The van der Waals surface area contributed by atoms with E-state index >= 15 is 0 Å². The highest BCUT2D eigenvalue weighted by Gasteiger charge is 2.44. The molecule has 1 saturated heterocycles. The maximum absolute atomic E-state index is 12.9. The molecule has 7 unspecified atom stereocenters. The van der Waals surface area contributed by atoms with Gasteiger partial charge in [-0.3, -0.25) is 4.79 Å². The Morgan fingerprint density at radius 3 is 1.67 bits per heavy atom. The molecule has 0 aromatic carbocycles. The predicted octanol–water partition coefficient (Wildman–Crippen LogP) is 7.39. The first-order chi connectivity index (χ1) is 23.8. The summed E-state index contributed by atoms with van der Waals surface area (Å²) in [7, 11) is 0. The highest BCUT2D eigenvalue weighted by atomic mass is 16.7. The zero-order chi connectivity index (χ0) is 36.0. The van der Waals surface area contributed by atoms with Crippen molar-refractivity contribution in [2.24, 2.45) is 0 Å². The maximum atomic E-state index is 12.9. The molecule has 290 valence electrons. The van der Waals surface area contributed by atoms with Crippen LogP contribution < -0.4 is 5.32 Å². The molecule has 6 N–H and O–H groups in total. The Kier molecular flexibility index (Phi) is 29.7. The van der Waals surface area contributed by atoms with Crippen molar-refractivity contribution < 1.29 is 39.8 Å². The molecule has 1 fully saturated rings. The second-order valence-electron chi connectivity index (χ2n) is 14.4. The molecule has 49 heavy (non-hydrogen) atoms. The van der Waals surface area contributed by atoms with Gasteiger partial charge in [0.1, 0.15) is 24.4 Å². The molecule has 0 spiro atoms. The SMILES string of the molecule is CCCCCC/C=C\CCCCCCCC(=O)NC(COC1OC(CO)C(O)C(O)C1O)C(O)CCCCCCCCCCCCCCC. The molecule has 7 atom stereocenters. The molecule has 1 heterocycles. The van der Waals surface area contributed by atoms with E-state index in [0.29, 0.717) is 12.8 Å². The van der Waals surface area contributed by atoms with Gasteiger partial charge in [0.25, 0.3) is 0 Å². The summed E-state index contributed by atoms with van der Waals surface area (Å²) in [6.45, 7) is 3.79. The van der Waals surface area contributed by atoms with Crippen LogP contribution in [0.25, 0.3) is 0 Å². The molecule has 0 aromatic rings. The van der Waals surface area contributed by atoms with E-state index in [-0.39, 0.29) is 12.5 Å². The van der Waals surface area contributed by atoms with Crippen LogP contribution in [0, 0.1) is 0 Å². The molecule has 1 rings (SSSR count). The van der Waals surface area contributed by atoms with Crippen LogP contribution in [-0.4, -0.2) is 87.5 Å². The van der Waals surface area contributed by atoms with Crippen molar-refractivity contribution >= 4 is 5.91 Å². The summed E-state index contributed by atoms with van der Waals surface area (Å²) in [5.74, 6) is -0.155. The van der Waals surface area contributed by atoms with Gasteiger partial charge in [0.2, 0.25) is 5.91 Å². The van der Waals surface area contributed by atoms with E-state index in [1.807, 2.05) is 0 Å². The number of unbranched alkanes of at least 4 members (excludes halogenated alkanes) is 21. The minimum Gasteiger partial charge on any atom is -0.394 e. The van der Waals surface area contributed by atoms with Gasteiger partial charge >= 0.3 is 0 Å². The topological polar surface area (TPSA) is 149 Å². The minimum absolute atomic E-state index is 0.139. The lowest BCUT2D eigenvalue weighted by atomic mass is 9.99. The molecule has 9 heteroatoms. The third-order valence-corrected chi connectivity index (χ3v) is 9.87. The first-order valence-electron chi connectivity index (χ1n) is 20.4. The fourth-order valence-electron chi connectivity index (χ4n) is 6.51. The normalized spacial score (nSPS) is 22.5. The zero-order valence-corrected chi connectivity index (χ0v) is 31.5. The van der Waals surface area contributed by atoms with E-state index in [1.165, 1.54) is 103 Å². The summed E-state index contributed by atoms with van der Waals surface area (Å²) in [5.41, 5.74) is 0. The first kappa shape index (κ1) is 46.0. The van der Waals surface area contributed by atoms with Gasteiger partial charge < -0.3 is 40.3 Å². The first-order valence-corrected chi connectivity index (χ1v) is 20.4. The molecular formula is C40H77NO8. The van der Waals surface area contributed by atoms with Gasteiger partial charge in [-0.2, -0.15) is 0 Å². The number of ether oxygens (including phenoxy) is 2. The highest BCUT2D eigenvalue weighted by molar-refractivity contribution is 5.76. The van der Waals surface area contributed by atoms with Gasteiger partial charge in [-0.1, -0.05) is 148 Å². The monoisotopic (exact) mass is 700 g/mol. The van der Waals surface area contributed by atoms with Gasteiger partial charge in [0.15, 0.2) is 6.29 Å². The predicted molar refractivity (Wildman–Crippen MR) is 198 cm³/mol. The standard InChI is InChI=1S/C40H77NO8/c1-3-5-7-9-11-13-15-17-19-21-23-25-27-29-34(43)33(32-48-40-39(47)38(46)37(45)35(31-42)49-40)41-36(44)30-28-26-24-22-20-18-16-14-12-10-8-6-4-2/h14,16,33-35,37-40,42-43,45-47H,3-13,15,17-32H2,1-2H3,(H,41,44)/b16-14-. The highest BCUT2D eigenvalue weighted by Crippen LogP contribution is 2.23. The molecule has 1 aliphatic rings. The Morgan fingerprint density at radius 2 is 1.14 bits per heavy atom. The lowest BCUT2D eigenvalue weighted by Crippen LogP contribution is -2.60.